The molecule has 1 fully saturated rings. The first kappa shape index (κ1) is 21.6. The molecule has 7 nitrogen and oxygen atoms in total. The number of imidazole rings is 1. The van der Waals surface area contributed by atoms with Crippen molar-refractivity contribution in [1.82, 2.24) is 29.6 Å². The molecule has 1 unspecified atom stereocenters. The number of aromatic nitrogens is 5. The van der Waals surface area contributed by atoms with Gasteiger partial charge >= 0.3 is 0 Å². The van der Waals surface area contributed by atoms with Crippen LogP contribution in [0.4, 0.5) is 0 Å². The van der Waals surface area contributed by atoms with Gasteiger partial charge < -0.3 is 14.5 Å². The van der Waals surface area contributed by atoms with Gasteiger partial charge in [-0.15, -0.1) is 10.2 Å². The van der Waals surface area contributed by atoms with E-state index in [1.54, 1.807) is 18.5 Å². The molecule has 0 bridgehead atoms. The summed E-state index contributed by atoms with van der Waals surface area (Å²) >= 11 is 6.06. The van der Waals surface area contributed by atoms with Crippen LogP contribution < -0.4 is 0 Å². The van der Waals surface area contributed by atoms with Crippen molar-refractivity contribution in [3.63, 3.8) is 0 Å². The van der Waals surface area contributed by atoms with Gasteiger partial charge in [-0.05, 0) is 50.3 Å². The summed E-state index contributed by atoms with van der Waals surface area (Å²) in [6, 6.07) is 7.13. The standard InChI is InChI=1S/C23H29ClN6O/c1-15-19(30(4)14-25-15)20-26-22(28-27-20)23(2)10-6-7-16(12-23)13-29(3)21(31)17-8-5-9-18(24)11-17/h5,8-9,11,14,16H,6-7,10,12-13H2,1-4H3,(H,26,27,28)/t16?,23-/m0/s1. The number of hydrogen-bond acceptors (Lipinski definition) is 4. The molecule has 4 rings (SSSR count). The Hall–Kier alpha value is -2.67. The summed E-state index contributed by atoms with van der Waals surface area (Å²) in [6.45, 7) is 4.93. The molecule has 3 aromatic rings. The van der Waals surface area contributed by atoms with Gasteiger partial charge in [0.15, 0.2) is 5.82 Å². The van der Waals surface area contributed by atoms with E-state index in [0.717, 1.165) is 48.7 Å². The number of aromatic amines is 1. The zero-order chi connectivity index (χ0) is 22.2. The van der Waals surface area contributed by atoms with E-state index in [-0.39, 0.29) is 11.3 Å². The molecule has 0 spiro atoms. The Bertz CT molecular complexity index is 1070. The molecule has 8 heteroatoms. The molecule has 1 N–H and O–H groups in total. The van der Waals surface area contributed by atoms with Crippen LogP contribution in [0.1, 0.15) is 54.5 Å². The molecular formula is C23H29ClN6O. The van der Waals surface area contributed by atoms with Gasteiger partial charge in [-0.2, -0.15) is 0 Å². The van der Waals surface area contributed by atoms with E-state index in [0.29, 0.717) is 23.0 Å². The maximum atomic E-state index is 12.8. The van der Waals surface area contributed by atoms with Crippen LogP contribution in [-0.4, -0.2) is 49.1 Å². The number of halogens is 1. The number of aryl methyl sites for hydroxylation is 2. The molecule has 164 valence electrons. The van der Waals surface area contributed by atoms with Gasteiger partial charge in [0.05, 0.1) is 12.0 Å². The lowest BCUT2D eigenvalue weighted by molar-refractivity contribution is 0.0742. The number of hydrogen-bond donors (Lipinski definition) is 1. The largest absolute Gasteiger partial charge is 0.341 e. The highest BCUT2D eigenvalue weighted by molar-refractivity contribution is 6.30. The zero-order valence-corrected chi connectivity index (χ0v) is 19.3. The third-order valence-electron chi connectivity index (χ3n) is 6.43. The number of H-pyrrole nitrogens is 1. The number of rotatable bonds is 5. The normalized spacial score (nSPS) is 21.3. The van der Waals surface area contributed by atoms with Gasteiger partial charge in [-0.3, -0.25) is 4.79 Å². The average Bonchev–Trinajstić information content (AvgIpc) is 3.34. The smallest absolute Gasteiger partial charge is 0.253 e. The third-order valence-corrected chi connectivity index (χ3v) is 6.67. The molecule has 1 aromatic carbocycles. The molecule has 0 saturated heterocycles. The van der Waals surface area contributed by atoms with Crippen molar-refractivity contribution in [3.05, 3.63) is 52.7 Å². The zero-order valence-electron chi connectivity index (χ0n) is 18.5. The lowest BCUT2D eigenvalue weighted by atomic mass is 9.70. The average molecular weight is 441 g/mol. The van der Waals surface area contributed by atoms with Gasteiger partial charge in [-0.25, -0.2) is 4.98 Å². The summed E-state index contributed by atoms with van der Waals surface area (Å²) in [5.41, 5.74) is 2.42. The van der Waals surface area contributed by atoms with Crippen molar-refractivity contribution in [2.75, 3.05) is 13.6 Å². The predicted octanol–water partition coefficient (Wildman–Crippen LogP) is 4.39. The van der Waals surface area contributed by atoms with Crippen molar-refractivity contribution in [3.8, 4) is 11.5 Å². The molecule has 2 atom stereocenters. The maximum Gasteiger partial charge on any atom is 0.253 e. The van der Waals surface area contributed by atoms with Crippen molar-refractivity contribution < 1.29 is 4.79 Å². The van der Waals surface area contributed by atoms with Crippen molar-refractivity contribution in [2.24, 2.45) is 13.0 Å². The lowest BCUT2D eigenvalue weighted by Crippen LogP contribution is -2.38. The number of carbonyl (C=O) groups excluding carboxylic acids is 1. The minimum Gasteiger partial charge on any atom is -0.341 e. The highest BCUT2D eigenvalue weighted by Crippen LogP contribution is 2.41. The summed E-state index contributed by atoms with van der Waals surface area (Å²) in [5, 5.41) is 9.51. The minimum atomic E-state index is -0.0966. The quantitative estimate of drug-likeness (QED) is 0.638. The summed E-state index contributed by atoms with van der Waals surface area (Å²) in [6.07, 6.45) is 6.00. The van der Waals surface area contributed by atoms with Crippen LogP contribution in [0.2, 0.25) is 5.02 Å². The molecule has 1 aliphatic carbocycles. The van der Waals surface area contributed by atoms with E-state index in [1.165, 1.54) is 0 Å². The first-order valence-corrected chi connectivity index (χ1v) is 11.1. The van der Waals surface area contributed by atoms with E-state index < -0.39 is 0 Å². The molecule has 31 heavy (non-hydrogen) atoms. The highest BCUT2D eigenvalue weighted by atomic mass is 35.5. The van der Waals surface area contributed by atoms with Crippen LogP contribution in [0.5, 0.6) is 0 Å². The predicted molar refractivity (Wildman–Crippen MR) is 121 cm³/mol. The number of nitrogens with one attached hydrogen (secondary N) is 1. The molecular weight excluding hydrogens is 412 g/mol. The Labute approximate surface area is 187 Å². The van der Waals surface area contributed by atoms with E-state index in [4.69, 9.17) is 11.6 Å². The van der Waals surface area contributed by atoms with Crippen LogP contribution in [0, 0.1) is 12.8 Å². The molecule has 2 heterocycles. The monoisotopic (exact) mass is 440 g/mol. The number of amides is 1. The van der Waals surface area contributed by atoms with Gasteiger partial charge in [0, 0.05) is 36.6 Å². The second kappa shape index (κ2) is 8.46. The van der Waals surface area contributed by atoms with Crippen LogP contribution >= 0.6 is 11.6 Å². The van der Waals surface area contributed by atoms with Crippen LogP contribution in [0.25, 0.3) is 11.5 Å². The lowest BCUT2D eigenvalue weighted by Gasteiger charge is -2.38. The Balaban J connectivity index is 1.47. The second-order valence-electron chi connectivity index (χ2n) is 9.03. The Morgan fingerprint density at radius 3 is 2.90 bits per heavy atom. The first-order valence-electron chi connectivity index (χ1n) is 10.7. The first-order chi connectivity index (χ1) is 14.8. The van der Waals surface area contributed by atoms with Crippen molar-refractivity contribution >= 4 is 17.5 Å². The molecule has 1 amide bonds. The summed E-state index contributed by atoms with van der Waals surface area (Å²) in [5.74, 6) is 2.07. The topological polar surface area (TPSA) is 79.7 Å². The number of carbonyl (C=O) groups is 1. The maximum absolute atomic E-state index is 12.8. The van der Waals surface area contributed by atoms with Gasteiger partial charge in [0.2, 0.25) is 0 Å². The van der Waals surface area contributed by atoms with E-state index in [9.17, 15) is 4.79 Å². The van der Waals surface area contributed by atoms with Gasteiger partial charge in [0.1, 0.15) is 11.5 Å². The van der Waals surface area contributed by atoms with Crippen LogP contribution in [-0.2, 0) is 12.5 Å². The Morgan fingerprint density at radius 1 is 1.39 bits per heavy atom. The van der Waals surface area contributed by atoms with Gasteiger partial charge in [-0.1, -0.05) is 31.0 Å². The fraction of sp³-hybridized carbons (Fsp3) is 0.478. The summed E-state index contributed by atoms with van der Waals surface area (Å²) in [7, 11) is 3.83. The molecule has 1 saturated carbocycles. The summed E-state index contributed by atoms with van der Waals surface area (Å²) < 4.78 is 1.96. The van der Waals surface area contributed by atoms with E-state index in [1.807, 2.05) is 42.6 Å². The fourth-order valence-corrected chi connectivity index (χ4v) is 5.02. The van der Waals surface area contributed by atoms with Crippen LogP contribution in [0.15, 0.2) is 30.6 Å². The van der Waals surface area contributed by atoms with Crippen LogP contribution in [0.3, 0.4) is 0 Å². The third kappa shape index (κ3) is 4.37. The SMILES string of the molecule is Cc1ncn(C)c1-c1nnc([C@@]2(C)CCCC(CN(C)C(=O)c3cccc(Cl)c3)C2)[nH]1. The summed E-state index contributed by atoms with van der Waals surface area (Å²) in [4.78, 5) is 22.5. The fourth-order valence-electron chi connectivity index (χ4n) is 4.83. The Morgan fingerprint density at radius 2 is 2.19 bits per heavy atom. The number of nitrogens with zero attached hydrogens (tertiary/aromatic N) is 5. The molecule has 1 aliphatic rings. The van der Waals surface area contributed by atoms with Crippen molar-refractivity contribution in [1.29, 1.82) is 0 Å². The second-order valence-corrected chi connectivity index (χ2v) is 9.47. The van der Waals surface area contributed by atoms with Crippen molar-refractivity contribution in [2.45, 2.75) is 44.9 Å². The van der Waals surface area contributed by atoms with E-state index >= 15 is 0 Å². The molecule has 0 aliphatic heterocycles. The molecule has 2 aromatic heterocycles. The molecule has 0 radical (unpaired) electrons. The van der Waals surface area contributed by atoms with Gasteiger partial charge in [0.25, 0.3) is 5.91 Å². The highest BCUT2D eigenvalue weighted by Gasteiger charge is 2.37. The van der Waals surface area contributed by atoms with E-state index in [2.05, 4.69) is 27.1 Å². The Kier molecular flexibility index (Phi) is 5.88. The number of benzene rings is 1. The minimum absolute atomic E-state index is 0.00316.